The fraction of sp³-hybridized carbons (Fsp3) is 0.556. The summed E-state index contributed by atoms with van der Waals surface area (Å²) in [5.74, 6) is -0.563. The lowest BCUT2D eigenvalue weighted by atomic mass is 9.75. The largest absolute Gasteiger partial charge is 0.444 e. The number of hydrogen-bond acceptors (Lipinski definition) is 3. The van der Waals surface area contributed by atoms with Gasteiger partial charge in [-0.3, -0.25) is 9.69 Å². The third-order valence-corrected chi connectivity index (χ3v) is 3.86. The number of rotatable bonds is 4. The molecule has 0 saturated heterocycles. The van der Waals surface area contributed by atoms with E-state index in [1.54, 1.807) is 27.8 Å². The summed E-state index contributed by atoms with van der Waals surface area (Å²) in [7, 11) is 1.55. The minimum absolute atomic E-state index is 0.563. The molecule has 1 aromatic rings. The number of nitrogens with two attached hydrogens (primary N) is 1. The van der Waals surface area contributed by atoms with Crippen LogP contribution >= 0.6 is 0 Å². The maximum absolute atomic E-state index is 12.4. The number of hydrogen-bond donors (Lipinski definition) is 1. The Balaban J connectivity index is 3.23. The van der Waals surface area contributed by atoms with E-state index in [2.05, 4.69) is 0 Å². The second-order valence-electron chi connectivity index (χ2n) is 7.43. The molecule has 1 unspecified atom stereocenters. The molecule has 0 aromatic heterocycles. The first-order chi connectivity index (χ1) is 10.4. The first-order valence-electron chi connectivity index (χ1n) is 7.69. The summed E-state index contributed by atoms with van der Waals surface area (Å²) >= 11 is 0. The summed E-state index contributed by atoms with van der Waals surface area (Å²) in [5, 5.41) is 0. The van der Waals surface area contributed by atoms with E-state index in [1.165, 1.54) is 4.90 Å². The number of carbonyl (C=O) groups excluding carboxylic acids is 2. The van der Waals surface area contributed by atoms with Crippen LogP contribution in [0.25, 0.3) is 0 Å². The van der Waals surface area contributed by atoms with E-state index in [0.29, 0.717) is 0 Å². The van der Waals surface area contributed by atoms with Gasteiger partial charge in [0.05, 0.1) is 0 Å². The molecule has 0 spiro atoms. The van der Waals surface area contributed by atoms with Crippen LogP contribution in [0.5, 0.6) is 0 Å². The van der Waals surface area contributed by atoms with Crippen molar-refractivity contribution < 1.29 is 14.3 Å². The zero-order valence-electron chi connectivity index (χ0n) is 15.1. The summed E-state index contributed by atoms with van der Waals surface area (Å²) in [6.45, 7) is 11.1. The number of aryl methyl sites for hydroxylation is 1. The van der Waals surface area contributed by atoms with Crippen molar-refractivity contribution >= 4 is 12.0 Å². The van der Waals surface area contributed by atoms with Crippen LogP contribution < -0.4 is 5.73 Å². The van der Waals surface area contributed by atoms with Crippen molar-refractivity contribution in [1.29, 1.82) is 0 Å². The molecule has 0 fully saturated rings. The lowest BCUT2D eigenvalue weighted by molar-refractivity contribution is -0.124. The summed E-state index contributed by atoms with van der Waals surface area (Å²) < 4.78 is 5.37. The first kappa shape index (κ1) is 19.0. The Morgan fingerprint density at radius 2 is 1.65 bits per heavy atom. The van der Waals surface area contributed by atoms with Crippen molar-refractivity contribution in [1.82, 2.24) is 4.90 Å². The molecule has 1 aromatic carbocycles. The van der Waals surface area contributed by atoms with Gasteiger partial charge in [0.1, 0.15) is 11.6 Å². The third-order valence-electron chi connectivity index (χ3n) is 3.86. The Morgan fingerprint density at radius 3 is 2.09 bits per heavy atom. The molecule has 0 bridgehead atoms. The van der Waals surface area contributed by atoms with E-state index in [9.17, 15) is 9.59 Å². The molecule has 0 aliphatic carbocycles. The summed E-state index contributed by atoms with van der Waals surface area (Å²) in [6, 6.07) is 6.96. The standard InChI is InChI=1S/C18H28N2O3/c1-12-10-8-9-11-13(12)18(5,6)14(15(19)21)20(7)16(22)23-17(2,3)4/h8-11,14H,1-7H3,(H2,19,21). The minimum Gasteiger partial charge on any atom is -0.444 e. The zero-order chi connectivity index (χ0) is 18.0. The SMILES string of the molecule is Cc1ccccc1C(C)(C)C(C(N)=O)N(C)C(=O)OC(C)(C)C. The lowest BCUT2D eigenvalue weighted by Crippen LogP contribution is -2.56. The molecule has 128 valence electrons. The summed E-state index contributed by atoms with van der Waals surface area (Å²) in [4.78, 5) is 25.8. The van der Waals surface area contributed by atoms with E-state index >= 15 is 0 Å². The second kappa shape index (κ2) is 6.60. The quantitative estimate of drug-likeness (QED) is 0.927. The molecular formula is C18H28N2O3. The van der Waals surface area contributed by atoms with E-state index in [4.69, 9.17) is 10.5 Å². The molecule has 23 heavy (non-hydrogen) atoms. The van der Waals surface area contributed by atoms with Crippen LogP contribution in [0.4, 0.5) is 4.79 Å². The van der Waals surface area contributed by atoms with Gasteiger partial charge in [0.25, 0.3) is 0 Å². The third kappa shape index (κ3) is 4.47. The Morgan fingerprint density at radius 1 is 1.13 bits per heavy atom. The molecule has 5 heteroatoms. The van der Waals surface area contributed by atoms with E-state index < -0.39 is 29.1 Å². The van der Waals surface area contributed by atoms with Gasteiger partial charge in [-0.15, -0.1) is 0 Å². The van der Waals surface area contributed by atoms with Gasteiger partial charge in [0.15, 0.2) is 0 Å². The van der Waals surface area contributed by atoms with Crippen LogP contribution in [0, 0.1) is 6.92 Å². The number of primary amides is 1. The van der Waals surface area contributed by atoms with Crippen molar-refractivity contribution in [3.63, 3.8) is 0 Å². The number of carbonyl (C=O) groups is 2. The molecule has 1 rings (SSSR count). The van der Waals surface area contributed by atoms with Gasteiger partial charge < -0.3 is 10.5 Å². The van der Waals surface area contributed by atoms with Crippen molar-refractivity contribution in [3.05, 3.63) is 35.4 Å². The Kier molecular flexibility index (Phi) is 5.46. The van der Waals surface area contributed by atoms with Crippen LogP contribution in [0.15, 0.2) is 24.3 Å². The fourth-order valence-electron chi connectivity index (χ4n) is 2.91. The van der Waals surface area contributed by atoms with Gasteiger partial charge in [-0.25, -0.2) is 4.79 Å². The van der Waals surface area contributed by atoms with Gasteiger partial charge in [0, 0.05) is 12.5 Å². The molecular weight excluding hydrogens is 292 g/mol. The maximum atomic E-state index is 12.4. The smallest absolute Gasteiger partial charge is 0.410 e. The molecule has 0 radical (unpaired) electrons. The molecule has 0 aliphatic heterocycles. The normalized spacial score (nSPS) is 13.3. The summed E-state index contributed by atoms with van der Waals surface area (Å²) in [6.07, 6.45) is -0.567. The fourth-order valence-corrected chi connectivity index (χ4v) is 2.91. The monoisotopic (exact) mass is 320 g/mol. The van der Waals surface area contributed by atoms with Gasteiger partial charge in [-0.05, 0) is 38.8 Å². The summed E-state index contributed by atoms with van der Waals surface area (Å²) in [5.41, 5.74) is 6.35. The van der Waals surface area contributed by atoms with Crippen LogP contribution in [0.3, 0.4) is 0 Å². The Bertz CT molecular complexity index is 588. The minimum atomic E-state index is -0.821. The molecule has 0 saturated carbocycles. The zero-order valence-corrected chi connectivity index (χ0v) is 15.1. The highest BCUT2D eigenvalue weighted by Crippen LogP contribution is 2.32. The molecule has 1 atom stereocenters. The first-order valence-corrected chi connectivity index (χ1v) is 7.69. The van der Waals surface area contributed by atoms with Gasteiger partial charge in [-0.1, -0.05) is 38.1 Å². The predicted octanol–water partition coefficient (Wildman–Crippen LogP) is 2.99. The number of benzene rings is 1. The molecule has 0 aliphatic rings. The van der Waals surface area contributed by atoms with Crippen LogP contribution in [0.2, 0.25) is 0 Å². The molecule has 2 N–H and O–H groups in total. The Hall–Kier alpha value is -2.04. The number of likely N-dealkylation sites (N-methyl/N-ethyl adjacent to an activating group) is 1. The van der Waals surface area contributed by atoms with Crippen LogP contribution in [0.1, 0.15) is 45.7 Å². The highest BCUT2D eigenvalue weighted by Gasteiger charge is 2.42. The molecule has 2 amide bonds. The van der Waals surface area contributed by atoms with Crippen molar-refractivity contribution in [2.45, 2.75) is 58.6 Å². The van der Waals surface area contributed by atoms with Crippen molar-refractivity contribution in [3.8, 4) is 0 Å². The van der Waals surface area contributed by atoms with E-state index in [0.717, 1.165) is 11.1 Å². The Labute approximate surface area is 138 Å². The highest BCUT2D eigenvalue weighted by molar-refractivity contribution is 5.86. The topological polar surface area (TPSA) is 72.6 Å². The number of ether oxygens (including phenoxy) is 1. The van der Waals surface area contributed by atoms with Crippen LogP contribution in [-0.4, -0.2) is 35.6 Å². The number of amides is 2. The molecule has 5 nitrogen and oxygen atoms in total. The van der Waals surface area contributed by atoms with Gasteiger partial charge >= 0.3 is 6.09 Å². The average Bonchev–Trinajstić information content (AvgIpc) is 2.36. The maximum Gasteiger partial charge on any atom is 0.410 e. The molecule has 0 heterocycles. The second-order valence-corrected chi connectivity index (χ2v) is 7.43. The highest BCUT2D eigenvalue weighted by atomic mass is 16.6. The van der Waals surface area contributed by atoms with Crippen LogP contribution in [-0.2, 0) is 14.9 Å². The predicted molar refractivity (Wildman–Crippen MR) is 91.2 cm³/mol. The average molecular weight is 320 g/mol. The van der Waals surface area contributed by atoms with Crippen molar-refractivity contribution in [2.75, 3.05) is 7.05 Å². The number of nitrogens with zero attached hydrogens (tertiary/aromatic N) is 1. The lowest BCUT2D eigenvalue weighted by Gasteiger charge is -2.39. The van der Waals surface area contributed by atoms with Gasteiger partial charge in [-0.2, -0.15) is 0 Å². The van der Waals surface area contributed by atoms with E-state index in [-0.39, 0.29) is 0 Å². The van der Waals surface area contributed by atoms with Crippen molar-refractivity contribution in [2.24, 2.45) is 5.73 Å². The van der Waals surface area contributed by atoms with Gasteiger partial charge in [0.2, 0.25) is 5.91 Å². The van der Waals surface area contributed by atoms with E-state index in [1.807, 2.05) is 45.0 Å².